The second-order valence-corrected chi connectivity index (χ2v) is 7.04. The van der Waals surface area contributed by atoms with Crippen LogP contribution in [0.15, 0.2) is 54.6 Å². The number of hydrogen-bond donors (Lipinski definition) is 2. The van der Waals surface area contributed by atoms with Gasteiger partial charge in [0, 0.05) is 23.5 Å². The van der Waals surface area contributed by atoms with Gasteiger partial charge in [-0.15, -0.1) is 0 Å². The number of carbonyl (C=O) groups is 1. The van der Waals surface area contributed by atoms with Crippen LogP contribution in [0.2, 0.25) is 0 Å². The van der Waals surface area contributed by atoms with Gasteiger partial charge >= 0.3 is 0 Å². The first-order valence-electron chi connectivity index (χ1n) is 9.46. The molecule has 3 aromatic rings. The molecule has 1 aliphatic rings. The van der Waals surface area contributed by atoms with Crippen molar-refractivity contribution in [2.45, 2.75) is 31.9 Å². The van der Waals surface area contributed by atoms with Gasteiger partial charge in [-0.3, -0.25) is 4.79 Å². The van der Waals surface area contributed by atoms with E-state index < -0.39 is 0 Å². The van der Waals surface area contributed by atoms with Gasteiger partial charge in [-0.05, 0) is 43.0 Å². The summed E-state index contributed by atoms with van der Waals surface area (Å²) in [5, 5.41) is 10.5. The number of aliphatic hydroxyl groups excluding tert-OH is 1. The lowest BCUT2D eigenvalue weighted by molar-refractivity contribution is 0.0498. The number of fused-ring (bicyclic) bond motifs is 1. The van der Waals surface area contributed by atoms with E-state index in [1.807, 2.05) is 54.6 Å². The van der Waals surface area contributed by atoms with Gasteiger partial charge in [-0.25, -0.2) is 0 Å². The van der Waals surface area contributed by atoms with Gasteiger partial charge in [0.2, 0.25) is 0 Å². The van der Waals surface area contributed by atoms with Crippen molar-refractivity contribution in [3.8, 4) is 5.75 Å². The molecule has 1 aromatic heterocycles. The molecular weight excluding hydrogens is 340 g/mol. The first kappa shape index (κ1) is 17.6. The largest absolute Gasteiger partial charge is 0.489 e. The van der Waals surface area contributed by atoms with Crippen molar-refractivity contribution in [3.05, 3.63) is 65.9 Å². The summed E-state index contributed by atoms with van der Waals surface area (Å²) in [5.41, 5.74) is 2.55. The molecule has 5 heteroatoms. The van der Waals surface area contributed by atoms with Crippen LogP contribution in [0.3, 0.4) is 0 Å². The zero-order valence-electron chi connectivity index (χ0n) is 15.2. The topological polar surface area (TPSA) is 65.6 Å². The number of aromatic nitrogens is 1. The van der Waals surface area contributed by atoms with Crippen molar-refractivity contribution in [3.63, 3.8) is 0 Å². The number of piperidine rings is 1. The normalized spacial score (nSPS) is 17.2. The van der Waals surface area contributed by atoms with E-state index in [0.29, 0.717) is 18.8 Å². The monoisotopic (exact) mass is 364 g/mol. The number of ether oxygens (including phenoxy) is 1. The first-order valence-corrected chi connectivity index (χ1v) is 9.46. The molecule has 4 rings (SSSR count). The van der Waals surface area contributed by atoms with E-state index in [2.05, 4.69) is 4.98 Å². The summed E-state index contributed by atoms with van der Waals surface area (Å²) >= 11 is 0. The lowest BCUT2D eigenvalue weighted by atomic mass is 10.0. The highest BCUT2D eigenvalue weighted by molar-refractivity contribution is 5.98. The third-order valence-electron chi connectivity index (χ3n) is 5.17. The molecule has 5 nitrogen and oxygen atoms in total. The van der Waals surface area contributed by atoms with Crippen LogP contribution in [0, 0.1) is 0 Å². The molecule has 2 N–H and O–H groups in total. The zero-order chi connectivity index (χ0) is 18.6. The number of benzene rings is 2. The van der Waals surface area contributed by atoms with Crippen LogP contribution in [0.1, 0.15) is 35.3 Å². The summed E-state index contributed by atoms with van der Waals surface area (Å²) in [7, 11) is 0. The molecule has 1 unspecified atom stereocenters. The van der Waals surface area contributed by atoms with Gasteiger partial charge in [-0.1, -0.05) is 30.3 Å². The van der Waals surface area contributed by atoms with Crippen molar-refractivity contribution >= 4 is 16.8 Å². The average molecular weight is 364 g/mol. The van der Waals surface area contributed by atoms with Crippen LogP contribution < -0.4 is 4.74 Å². The molecule has 1 aliphatic heterocycles. The van der Waals surface area contributed by atoms with Crippen LogP contribution >= 0.6 is 0 Å². The maximum atomic E-state index is 12.9. The summed E-state index contributed by atoms with van der Waals surface area (Å²) < 4.78 is 5.87. The molecule has 0 spiro atoms. The van der Waals surface area contributed by atoms with Crippen LogP contribution in [-0.2, 0) is 6.61 Å². The Balaban J connectivity index is 1.51. The maximum absolute atomic E-state index is 12.9. The maximum Gasteiger partial charge on any atom is 0.270 e. The minimum absolute atomic E-state index is 0.0173. The molecule has 1 saturated heterocycles. The number of nitrogens with one attached hydrogen (secondary N) is 1. The van der Waals surface area contributed by atoms with Crippen molar-refractivity contribution < 1.29 is 14.6 Å². The van der Waals surface area contributed by atoms with E-state index in [0.717, 1.165) is 41.5 Å². The number of rotatable bonds is 5. The Bertz CT molecular complexity index is 920. The Hall–Kier alpha value is -2.79. The van der Waals surface area contributed by atoms with Crippen LogP contribution in [0.5, 0.6) is 5.75 Å². The number of nitrogens with zero attached hydrogens (tertiary/aromatic N) is 1. The number of H-pyrrole nitrogens is 1. The molecule has 2 aromatic carbocycles. The second kappa shape index (κ2) is 7.84. The van der Waals surface area contributed by atoms with Gasteiger partial charge in [0.25, 0.3) is 5.91 Å². The minimum atomic E-state index is -0.0811. The molecule has 140 valence electrons. The summed E-state index contributed by atoms with van der Waals surface area (Å²) in [6.45, 7) is 1.22. The fourth-order valence-electron chi connectivity index (χ4n) is 3.66. The molecule has 0 radical (unpaired) electrons. The fourth-order valence-corrected chi connectivity index (χ4v) is 3.66. The summed E-state index contributed by atoms with van der Waals surface area (Å²) in [6.07, 6.45) is 2.91. The van der Waals surface area contributed by atoms with Gasteiger partial charge in [-0.2, -0.15) is 0 Å². The molecule has 0 bridgehead atoms. The number of likely N-dealkylation sites (tertiary alicyclic amines) is 1. The standard InChI is InChI=1S/C22H24N2O3/c25-14-18-8-4-5-11-24(18)22(26)21-12-17-9-10-19(13-20(17)23-21)27-15-16-6-2-1-3-7-16/h1-3,6-7,9-10,12-13,18,23,25H,4-5,8,11,14-15H2. The first-order chi connectivity index (χ1) is 13.2. The molecular formula is C22H24N2O3. The van der Waals surface area contributed by atoms with Crippen molar-refractivity contribution in [1.29, 1.82) is 0 Å². The Morgan fingerprint density at radius 2 is 2.00 bits per heavy atom. The Kier molecular flexibility index (Phi) is 5.12. The van der Waals surface area contributed by atoms with E-state index in [1.165, 1.54) is 0 Å². The van der Waals surface area contributed by atoms with Gasteiger partial charge in [0.15, 0.2) is 0 Å². The number of hydrogen-bond acceptors (Lipinski definition) is 3. The summed E-state index contributed by atoms with van der Waals surface area (Å²) in [6, 6.07) is 17.6. The zero-order valence-corrected chi connectivity index (χ0v) is 15.2. The summed E-state index contributed by atoms with van der Waals surface area (Å²) in [4.78, 5) is 17.9. The molecule has 0 saturated carbocycles. The third-order valence-corrected chi connectivity index (χ3v) is 5.17. The fraction of sp³-hybridized carbons (Fsp3) is 0.318. The van der Waals surface area contributed by atoms with E-state index in [4.69, 9.17) is 4.74 Å². The van der Waals surface area contributed by atoms with E-state index in [1.54, 1.807) is 4.90 Å². The number of carbonyl (C=O) groups excluding carboxylic acids is 1. The summed E-state index contributed by atoms with van der Waals surface area (Å²) in [5.74, 6) is 0.718. The minimum Gasteiger partial charge on any atom is -0.489 e. The number of aromatic amines is 1. The van der Waals surface area contributed by atoms with Crippen molar-refractivity contribution in [2.24, 2.45) is 0 Å². The Morgan fingerprint density at radius 1 is 1.15 bits per heavy atom. The predicted octanol–water partition coefficient (Wildman–Crippen LogP) is 3.73. The highest BCUT2D eigenvalue weighted by Crippen LogP contribution is 2.25. The van der Waals surface area contributed by atoms with Gasteiger partial charge < -0.3 is 19.7 Å². The van der Waals surface area contributed by atoms with Gasteiger partial charge in [0.05, 0.1) is 12.6 Å². The molecule has 1 atom stereocenters. The molecule has 2 heterocycles. The van der Waals surface area contributed by atoms with E-state index in [9.17, 15) is 9.90 Å². The lowest BCUT2D eigenvalue weighted by Crippen LogP contribution is -2.45. The Morgan fingerprint density at radius 3 is 2.81 bits per heavy atom. The smallest absolute Gasteiger partial charge is 0.270 e. The quantitative estimate of drug-likeness (QED) is 0.725. The van der Waals surface area contributed by atoms with Crippen LogP contribution in [0.25, 0.3) is 10.9 Å². The second-order valence-electron chi connectivity index (χ2n) is 7.04. The van der Waals surface area contributed by atoms with E-state index >= 15 is 0 Å². The molecule has 1 amide bonds. The Labute approximate surface area is 158 Å². The molecule has 0 aliphatic carbocycles. The predicted molar refractivity (Wildman–Crippen MR) is 105 cm³/mol. The van der Waals surface area contributed by atoms with Crippen molar-refractivity contribution in [1.82, 2.24) is 9.88 Å². The van der Waals surface area contributed by atoms with Crippen LogP contribution in [0.4, 0.5) is 0 Å². The highest BCUT2D eigenvalue weighted by atomic mass is 16.5. The molecule has 1 fully saturated rings. The average Bonchev–Trinajstić information content (AvgIpc) is 3.16. The molecule has 27 heavy (non-hydrogen) atoms. The lowest BCUT2D eigenvalue weighted by Gasteiger charge is -2.34. The van der Waals surface area contributed by atoms with E-state index in [-0.39, 0.29) is 18.6 Å². The third kappa shape index (κ3) is 3.83. The van der Waals surface area contributed by atoms with Crippen LogP contribution in [-0.4, -0.2) is 40.1 Å². The number of amides is 1. The van der Waals surface area contributed by atoms with Crippen molar-refractivity contribution in [2.75, 3.05) is 13.2 Å². The SMILES string of the molecule is O=C(c1cc2ccc(OCc3ccccc3)cc2[nH]1)N1CCCCC1CO. The highest BCUT2D eigenvalue weighted by Gasteiger charge is 2.27. The number of aliphatic hydroxyl groups is 1. The van der Waals surface area contributed by atoms with Gasteiger partial charge in [0.1, 0.15) is 18.1 Å².